The van der Waals surface area contributed by atoms with Crippen LogP contribution < -0.4 is 11.1 Å². The van der Waals surface area contributed by atoms with Crippen molar-refractivity contribution in [2.45, 2.75) is 45.4 Å². The molecular formula is C17H25N3O. The third kappa shape index (κ3) is 4.24. The lowest BCUT2D eigenvalue weighted by atomic mass is 10.0. The highest BCUT2D eigenvalue weighted by Gasteiger charge is 2.14. The Bertz CT molecular complexity index is 598. The Labute approximate surface area is 126 Å². The molecule has 0 saturated carbocycles. The number of rotatable bonds is 6. The molecule has 1 aromatic carbocycles. The number of nitrogens with two attached hydrogens (primary N) is 1. The first-order valence-electron chi connectivity index (χ1n) is 7.51. The van der Waals surface area contributed by atoms with Gasteiger partial charge in [-0.1, -0.05) is 12.1 Å². The average molecular weight is 287 g/mol. The number of hydrogen-bond acceptors (Lipinski definition) is 4. The second kappa shape index (κ2) is 6.98. The van der Waals surface area contributed by atoms with E-state index in [0.29, 0.717) is 13.0 Å². The second-order valence-corrected chi connectivity index (χ2v) is 5.85. The predicted octanol–water partition coefficient (Wildman–Crippen LogP) is 2.29. The van der Waals surface area contributed by atoms with E-state index in [0.717, 1.165) is 22.2 Å². The van der Waals surface area contributed by atoms with Crippen molar-refractivity contribution in [3.8, 4) is 0 Å². The number of pyridine rings is 1. The second-order valence-electron chi connectivity index (χ2n) is 5.85. The van der Waals surface area contributed by atoms with E-state index < -0.39 is 0 Å². The highest BCUT2D eigenvalue weighted by Crippen LogP contribution is 2.20. The summed E-state index contributed by atoms with van der Waals surface area (Å²) in [5.41, 5.74) is 9.10. The van der Waals surface area contributed by atoms with Crippen molar-refractivity contribution in [3.05, 3.63) is 41.6 Å². The molecule has 3 unspecified atom stereocenters. The van der Waals surface area contributed by atoms with E-state index >= 15 is 0 Å². The summed E-state index contributed by atoms with van der Waals surface area (Å²) in [4.78, 5) is 4.52. The Hall–Kier alpha value is -1.49. The number of aryl methyl sites for hydroxylation is 1. The van der Waals surface area contributed by atoms with Crippen LogP contribution >= 0.6 is 0 Å². The summed E-state index contributed by atoms with van der Waals surface area (Å²) in [6.07, 6.45) is 0.403. The van der Waals surface area contributed by atoms with Crippen molar-refractivity contribution in [2.75, 3.05) is 6.54 Å². The summed E-state index contributed by atoms with van der Waals surface area (Å²) in [6.45, 7) is 6.39. The molecular weight excluding hydrogens is 262 g/mol. The minimum Gasteiger partial charge on any atom is -0.393 e. The van der Waals surface area contributed by atoms with Crippen LogP contribution in [0.5, 0.6) is 0 Å². The van der Waals surface area contributed by atoms with Gasteiger partial charge in [-0.3, -0.25) is 4.98 Å². The van der Waals surface area contributed by atoms with Crippen molar-refractivity contribution < 1.29 is 5.11 Å². The molecule has 0 fully saturated rings. The topological polar surface area (TPSA) is 71.2 Å². The van der Waals surface area contributed by atoms with Gasteiger partial charge in [-0.05, 0) is 51.0 Å². The molecule has 0 saturated heterocycles. The van der Waals surface area contributed by atoms with E-state index in [1.54, 1.807) is 6.92 Å². The lowest BCUT2D eigenvalue weighted by Gasteiger charge is -2.23. The molecule has 0 aliphatic heterocycles. The molecule has 4 nitrogen and oxygen atoms in total. The summed E-state index contributed by atoms with van der Waals surface area (Å²) >= 11 is 0. The van der Waals surface area contributed by atoms with Gasteiger partial charge in [-0.2, -0.15) is 0 Å². The van der Waals surface area contributed by atoms with Crippen LogP contribution in [0, 0.1) is 6.92 Å². The van der Waals surface area contributed by atoms with Gasteiger partial charge in [0.05, 0.1) is 11.6 Å². The van der Waals surface area contributed by atoms with Crippen molar-refractivity contribution >= 4 is 10.9 Å². The van der Waals surface area contributed by atoms with Crippen LogP contribution in [0.1, 0.15) is 37.6 Å². The molecule has 0 aliphatic rings. The normalized spacial score (nSPS) is 15.9. The molecule has 0 amide bonds. The number of aromatic nitrogens is 1. The van der Waals surface area contributed by atoms with Gasteiger partial charge in [0.15, 0.2) is 0 Å². The molecule has 0 aliphatic carbocycles. The van der Waals surface area contributed by atoms with E-state index in [1.165, 1.54) is 0 Å². The fraction of sp³-hybridized carbons (Fsp3) is 0.471. The van der Waals surface area contributed by atoms with Crippen LogP contribution in [0.4, 0.5) is 0 Å². The van der Waals surface area contributed by atoms with Gasteiger partial charge in [0.2, 0.25) is 0 Å². The molecule has 21 heavy (non-hydrogen) atoms. The minimum atomic E-state index is -0.310. The first-order chi connectivity index (χ1) is 9.99. The molecule has 3 atom stereocenters. The van der Waals surface area contributed by atoms with Gasteiger partial charge in [0.1, 0.15) is 0 Å². The maximum Gasteiger partial charge on any atom is 0.0705 e. The minimum absolute atomic E-state index is 0.0875. The molecule has 4 N–H and O–H groups in total. The number of hydrogen-bond donors (Lipinski definition) is 3. The Kier molecular flexibility index (Phi) is 5.28. The highest BCUT2D eigenvalue weighted by atomic mass is 16.3. The lowest BCUT2D eigenvalue weighted by molar-refractivity contribution is 0.168. The zero-order valence-corrected chi connectivity index (χ0v) is 13.0. The monoisotopic (exact) mass is 287 g/mol. The maximum atomic E-state index is 9.47. The molecule has 4 heteroatoms. The van der Waals surface area contributed by atoms with Crippen LogP contribution in [0.15, 0.2) is 30.3 Å². The first-order valence-corrected chi connectivity index (χ1v) is 7.51. The van der Waals surface area contributed by atoms with Gasteiger partial charge in [-0.15, -0.1) is 0 Å². The molecule has 0 radical (unpaired) electrons. The summed E-state index contributed by atoms with van der Waals surface area (Å²) in [6, 6.07) is 10.7. The number of aliphatic hydroxyl groups is 1. The van der Waals surface area contributed by atoms with Crippen molar-refractivity contribution in [1.29, 1.82) is 0 Å². The van der Waals surface area contributed by atoms with Gasteiger partial charge in [0.25, 0.3) is 0 Å². The molecule has 2 aromatic rings. The van der Waals surface area contributed by atoms with Crippen molar-refractivity contribution in [2.24, 2.45) is 5.73 Å². The number of nitrogens with zero attached hydrogens (tertiary/aromatic N) is 1. The molecule has 1 heterocycles. The zero-order chi connectivity index (χ0) is 15.4. The molecule has 2 rings (SSSR count). The van der Waals surface area contributed by atoms with Gasteiger partial charge >= 0.3 is 0 Å². The van der Waals surface area contributed by atoms with Crippen molar-refractivity contribution in [3.63, 3.8) is 0 Å². The lowest BCUT2D eigenvalue weighted by Crippen LogP contribution is -2.36. The van der Waals surface area contributed by atoms with Gasteiger partial charge in [0, 0.05) is 29.7 Å². The molecule has 0 spiro atoms. The largest absolute Gasteiger partial charge is 0.393 e. The summed E-state index contributed by atoms with van der Waals surface area (Å²) in [7, 11) is 0. The number of fused-ring (bicyclic) bond motifs is 1. The Morgan fingerprint density at radius 3 is 2.67 bits per heavy atom. The van der Waals surface area contributed by atoms with E-state index in [4.69, 9.17) is 5.73 Å². The summed E-state index contributed by atoms with van der Waals surface area (Å²) < 4.78 is 0. The predicted molar refractivity (Wildman–Crippen MR) is 87.2 cm³/mol. The number of benzene rings is 1. The third-order valence-electron chi connectivity index (χ3n) is 3.67. The van der Waals surface area contributed by atoms with Crippen LogP contribution in [0.2, 0.25) is 0 Å². The van der Waals surface area contributed by atoms with Gasteiger partial charge < -0.3 is 16.2 Å². The Morgan fingerprint density at radius 1 is 1.24 bits per heavy atom. The quantitative estimate of drug-likeness (QED) is 0.762. The Balaban J connectivity index is 2.19. The molecule has 1 aromatic heterocycles. The third-order valence-corrected chi connectivity index (χ3v) is 3.67. The maximum absolute atomic E-state index is 9.47. The van der Waals surface area contributed by atoms with Crippen molar-refractivity contribution in [1.82, 2.24) is 10.3 Å². The fourth-order valence-corrected chi connectivity index (χ4v) is 2.69. The van der Waals surface area contributed by atoms with Crippen LogP contribution in [-0.2, 0) is 0 Å². The standard InChI is InChI=1S/C17H25N3O/c1-11-4-5-14-9-15(6-7-16(14)19-11)17(10-18)20-12(2)8-13(3)21/h4-7,9,12-13,17,20-21H,8,10,18H2,1-3H3. The number of aliphatic hydroxyl groups excluding tert-OH is 1. The van der Waals surface area contributed by atoms with Crippen LogP contribution in [0.3, 0.4) is 0 Å². The average Bonchev–Trinajstić information content (AvgIpc) is 2.43. The van der Waals surface area contributed by atoms with E-state index in [-0.39, 0.29) is 18.2 Å². The van der Waals surface area contributed by atoms with E-state index in [2.05, 4.69) is 35.4 Å². The summed E-state index contributed by atoms with van der Waals surface area (Å²) in [5, 5.41) is 14.1. The fourth-order valence-electron chi connectivity index (χ4n) is 2.69. The molecule has 0 bridgehead atoms. The van der Waals surface area contributed by atoms with Crippen LogP contribution in [0.25, 0.3) is 10.9 Å². The Morgan fingerprint density at radius 2 is 2.00 bits per heavy atom. The van der Waals surface area contributed by atoms with Gasteiger partial charge in [-0.25, -0.2) is 0 Å². The summed E-state index contributed by atoms with van der Waals surface area (Å²) in [5.74, 6) is 0. The first kappa shape index (κ1) is 15.9. The van der Waals surface area contributed by atoms with Crippen LogP contribution in [-0.4, -0.2) is 28.8 Å². The highest BCUT2D eigenvalue weighted by molar-refractivity contribution is 5.79. The smallest absolute Gasteiger partial charge is 0.0705 e. The number of nitrogens with one attached hydrogen (secondary N) is 1. The SMILES string of the molecule is Cc1ccc2cc(C(CN)NC(C)CC(C)O)ccc2n1. The zero-order valence-electron chi connectivity index (χ0n) is 13.0. The van der Waals surface area contributed by atoms with E-state index in [9.17, 15) is 5.11 Å². The van der Waals surface area contributed by atoms with E-state index in [1.807, 2.05) is 19.1 Å². The molecule has 114 valence electrons.